The molecule has 1 rings (SSSR count). The number of nitrogens with zero attached hydrogens (tertiary/aromatic N) is 1. The van der Waals surface area contributed by atoms with Gasteiger partial charge in [-0.15, -0.1) is 0 Å². The number of hydrogen-bond donors (Lipinski definition) is 2. The zero-order chi connectivity index (χ0) is 18.9. The van der Waals surface area contributed by atoms with Crippen LogP contribution >= 0.6 is 11.8 Å². The highest BCUT2D eigenvalue weighted by Gasteiger charge is 2.16. The Morgan fingerprint density at radius 2 is 2.00 bits per heavy atom. The van der Waals surface area contributed by atoms with E-state index in [4.69, 9.17) is 4.74 Å². The van der Waals surface area contributed by atoms with Crippen molar-refractivity contribution in [3.8, 4) is 11.5 Å². The summed E-state index contributed by atoms with van der Waals surface area (Å²) in [5, 5.41) is 6.47. The van der Waals surface area contributed by atoms with Crippen molar-refractivity contribution in [2.75, 3.05) is 26.5 Å². The highest BCUT2D eigenvalue weighted by Crippen LogP contribution is 2.29. The summed E-state index contributed by atoms with van der Waals surface area (Å²) in [5.74, 6) is 0.947. The first-order valence-corrected chi connectivity index (χ1v) is 9.22. The molecule has 0 aliphatic carbocycles. The predicted octanol–water partition coefficient (Wildman–Crippen LogP) is 3.49. The highest BCUT2D eigenvalue weighted by molar-refractivity contribution is 7.99. The van der Waals surface area contributed by atoms with Gasteiger partial charge in [-0.05, 0) is 44.7 Å². The molecule has 5 nitrogen and oxygen atoms in total. The van der Waals surface area contributed by atoms with Crippen molar-refractivity contribution in [2.45, 2.75) is 38.7 Å². The molecule has 0 atom stereocenters. The van der Waals surface area contributed by atoms with Crippen molar-refractivity contribution in [2.24, 2.45) is 4.99 Å². The van der Waals surface area contributed by atoms with Gasteiger partial charge in [0.2, 0.25) is 0 Å². The molecule has 0 radical (unpaired) electrons. The molecular weight excluding hydrogens is 348 g/mol. The molecule has 1 aromatic carbocycles. The number of benzene rings is 1. The quantitative estimate of drug-likeness (QED) is 0.511. The lowest BCUT2D eigenvalue weighted by molar-refractivity contribution is -0.0512. The standard InChI is InChI=1S/C17H27F2N3O2S/c1-6-20-16(22-11-17(2,3)25-5)21-10-12-7-8-13(23-4)14(9-12)24-15(18)19/h7-9,15H,6,10-11H2,1-5H3,(H2,20,21,22). The van der Waals surface area contributed by atoms with Crippen LogP contribution in [0.4, 0.5) is 8.78 Å². The minimum absolute atomic E-state index is 0.00618. The molecule has 0 spiro atoms. The van der Waals surface area contributed by atoms with Gasteiger partial charge in [-0.2, -0.15) is 20.5 Å². The Bertz CT molecular complexity index is 569. The van der Waals surface area contributed by atoms with Crippen LogP contribution in [0.3, 0.4) is 0 Å². The monoisotopic (exact) mass is 375 g/mol. The zero-order valence-electron chi connectivity index (χ0n) is 15.4. The summed E-state index contributed by atoms with van der Waals surface area (Å²) in [7, 11) is 1.41. The molecule has 0 saturated carbocycles. The third-order valence-corrected chi connectivity index (χ3v) is 4.69. The number of aliphatic imine (C=N–C) groups is 1. The topological polar surface area (TPSA) is 54.9 Å². The fraction of sp³-hybridized carbons (Fsp3) is 0.588. The Balaban J connectivity index is 2.84. The summed E-state index contributed by atoms with van der Waals surface area (Å²) >= 11 is 1.77. The molecule has 8 heteroatoms. The molecule has 142 valence electrons. The molecule has 0 aliphatic heterocycles. The number of alkyl halides is 2. The number of ether oxygens (including phenoxy) is 2. The molecule has 0 saturated heterocycles. The largest absolute Gasteiger partial charge is 0.493 e. The van der Waals surface area contributed by atoms with E-state index in [9.17, 15) is 8.78 Å². The maximum Gasteiger partial charge on any atom is 0.387 e. The smallest absolute Gasteiger partial charge is 0.387 e. The molecule has 25 heavy (non-hydrogen) atoms. The second kappa shape index (κ2) is 10.3. The van der Waals surface area contributed by atoms with Crippen LogP contribution in [0, 0.1) is 0 Å². The highest BCUT2D eigenvalue weighted by atomic mass is 32.2. The number of thioether (sulfide) groups is 1. The van der Waals surface area contributed by atoms with E-state index >= 15 is 0 Å². The SMILES string of the molecule is CCNC(=NCc1ccc(OC)c(OC(F)F)c1)NCC(C)(C)SC. The Morgan fingerprint density at radius 1 is 1.28 bits per heavy atom. The van der Waals surface area contributed by atoms with Gasteiger partial charge in [0, 0.05) is 17.8 Å². The fourth-order valence-corrected chi connectivity index (χ4v) is 2.10. The summed E-state index contributed by atoms with van der Waals surface area (Å²) in [6.07, 6.45) is 2.06. The summed E-state index contributed by atoms with van der Waals surface area (Å²) in [4.78, 5) is 4.50. The normalized spacial score (nSPS) is 12.2. The third-order valence-electron chi connectivity index (χ3n) is 3.44. The van der Waals surface area contributed by atoms with Crippen LogP contribution in [0.25, 0.3) is 0 Å². The van der Waals surface area contributed by atoms with E-state index in [1.807, 2.05) is 6.92 Å². The van der Waals surface area contributed by atoms with E-state index in [-0.39, 0.29) is 16.2 Å². The lowest BCUT2D eigenvalue weighted by Crippen LogP contribution is -2.43. The minimum atomic E-state index is -2.90. The van der Waals surface area contributed by atoms with Crippen LogP contribution in [0.15, 0.2) is 23.2 Å². The first-order valence-electron chi connectivity index (χ1n) is 8.00. The lowest BCUT2D eigenvalue weighted by Gasteiger charge is -2.23. The van der Waals surface area contributed by atoms with Crippen LogP contribution < -0.4 is 20.1 Å². The first kappa shape index (κ1) is 21.3. The van der Waals surface area contributed by atoms with Crippen molar-refractivity contribution in [3.63, 3.8) is 0 Å². The van der Waals surface area contributed by atoms with Gasteiger partial charge in [0.1, 0.15) is 0 Å². The fourth-order valence-electron chi connectivity index (χ4n) is 1.89. The average Bonchev–Trinajstić information content (AvgIpc) is 2.57. The van der Waals surface area contributed by atoms with Crippen LogP contribution in [0.2, 0.25) is 0 Å². The maximum absolute atomic E-state index is 12.5. The Morgan fingerprint density at radius 3 is 2.56 bits per heavy atom. The zero-order valence-corrected chi connectivity index (χ0v) is 16.2. The number of nitrogens with one attached hydrogen (secondary N) is 2. The van der Waals surface area contributed by atoms with Crippen LogP contribution in [-0.4, -0.2) is 43.8 Å². The summed E-state index contributed by atoms with van der Waals surface area (Å²) in [6.45, 7) is 5.19. The first-order chi connectivity index (χ1) is 11.8. The van der Waals surface area contributed by atoms with Gasteiger partial charge in [-0.3, -0.25) is 0 Å². The molecule has 2 N–H and O–H groups in total. The Kier molecular flexibility index (Phi) is 8.82. The average molecular weight is 375 g/mol. The lowest BCUT2D eigenvalue weighted by atomic mass is 10.2. The maximum atomic E-state index is 12.5. The molecule has 0 aromatic heterocycles. The minimum Gasteiger partial charge on any atom is -0.493 e. The van der Waals surface area contributed by atoms with Gasteiger partial charge in [0.25, 0.3) is 0 Å². The Hall–Kier alpha value is -1.70. The number of hydrogen-bond acceptors (Lipinski definition) is 4. The van der Waals surface area contributed by atoms with Gasteiger partial charge in [-0.1, -0.05) is 6.07 Å². The van der Waals surface area contributed by atoms with Crippen molar-refractivity contribution in [3.05, 3.63) is 23.8 Å². The predicted molar refractivity (Wildman–Crippen MR) is 100 cm³/mol. The van der Waals surface area contributed by atoms with Gasteiger partial charge < -0.3 is 20.1 Å². The summed E-state index contributed by atoms with van der Waals surface area (Å²) in [6, 6.07) is 4.89. The number of guanidine groups is 1. The van der Waals surface area contributed by atoms with E-state index in [2.05, 4.69) is 40.5 Å². The molecule has 0 bridgehead atoms. The molecule has 0 heterocycles. The number of rotatable bonds is 9. The van der Waals surface area contributed by atoms with Gasteiger partial charge in [0.15, 0.2) is 17.5 Å². The van der Waals surface area contributed by atoms with Gasteiger partial charge in [0.05, 0.1) is 13.7 Å². The summed E-state index contributed by atoms with van der Waals surface area (Å²) in [5.41, 5.74) is 0.748. The molecule has 0 aliphatic rings. The van der Waals surface area contributed by atoms with E-state index in [1.165, 1.54) is 13.2 Å². The third kappa shape index (κ3) is 7.81. The van der Waals surface area contributed by atoms with Crippen LogP contribution in [0.5, 0.6) is 11.5 Å². The van der Waals surface area contributed by atoms with Crippen molar-refractivity contribution >= 4 is 17.7 Å². The van der Waals surface area contributed by atoms with E-state index in [0.29, 0.717) is 12.5 Å². The second-order valence-corrected chi connectivity index (χ2v) is 7.39. The Labute approximate surface area is 152 Å². The van der Waals surface area contributed by atoms with Gasteiger partial charge in [-0.25, -0.2) is 4.99 Å². The molecule has 0 unspecified atom stereocenters. The van der Waals surface area contributed by atoms with Crippen LogP contribution in [0.1, 0.15) is 26.3 Å². The number of halogens is 2. The van der Waals surface area contributed by atoms with Crippen molar-refractivity contribution < 1.29 is 18.3 Å². The second-order valence-electron chi connectivity index (χ2n) is 5.88. The summed E-state index contributed by atoms with van der Waals surface area (Å²) < 4.78 is 34.6. The molecular formula is C17H27F2N3O2S. The molecule has 0 amide bonds. The van der Waals surface area contributed by atoms with Crippen molar-refractivity contribution in [1.82, 2.24) is 10.6 Å². The van der Waals surface area contributed by atoms with E-state index < -0.39 is 6.61 Å². The van der Waals surface area contributed by atoms with E-state index in [0.717, 1.165) is 18.7 Å². The van der Waals surface area contributed by atoms with Crippen LogP contribution in [-0.2, 0) is 6.54 Å². The molecule has 0 fully saturated rings. The van der Waals surface area contributed by atoms with Crippen molar-refractivity contribution in [1.29, 1.82) is 0 Å². The number of methoxy groups -OCH3 is 1. The molecule has 1 aromatic rings. The van der Waals surface area contributed by atoms with E-state index in [1.54, 1.807) is 23.9 Å². The van der Waals surface area contributed by atoms with Gasteiger partial charge >= 0.3 is 6.61 Å².